The topological polar surface area (TPSA) is 77.7 Å². The Kier molecular flexibility index (Phi) is 2.61. The average molecular weight is 309 g/mol. The van der Waals surface area contributed by atoms with Crippen LogP contribution in [0.3, 0.4) is 0 Å². The van der Waals surface area contributed by atoms with Crippen molar-refractivity contribution < 1.29 is 8.42 Å². The summed E-state index contributed by atoms with van der Waals surface area (Å²) in [4.78, 5) is 0.161. The minimum atomic E-state index is -3.22. The van der Waals surface area contributed by atoms with Gasteiger partial charge in [-0.15, -0.1) is 10.2 Å². The summed E-state index contributed by atoms with van der Waals surface area (Å²) in [5.41, 5.74) is 0. The number of nitrogens with zero attached hydrogens (tertiary/aromatic N) is 4. The van der Waals surface area contributed by atoms with E-state index in [4.69, 9.17) is 0 Å². The highest BCUT2D eigenvalue weighted by molar-refractivity contribution is 9.11. The molecule has 80 valence electrons. The molecule has 0 unspecified atom stereocenters. The molecule has 15 heavy (non-hydrogen) atoms. The first-order valence-corrected chi connectivity index (χ1v) is 7.21. The highest BCUT2D eigenvalue weighted by Crippen LogP contribution is 2.19. The Balaban J connectivity index is 2.44. The number of sulfone groups is 1. The number of rotatable bonds is 2. The second kappa shape index (κ2) is 3.65. The van der Waals surface area contributed by atoms with E-state index >= 15 is 0 Å². The van der Waals surface area contributed by atoms with Gasteiger partial charge in [0.05, 0.1) is 12.4 Å². The molecule has 9 heteroatoms. The molecule has 2 aromatic heterocycles. The van der Waals surface area contributed by atoms with Crippen LogP contribution in [0.15, 0.2) is 21.2 Å². The van der Waals surface area contributed by atoms with Crippen LogP contribution in [0.2, 0.25) is 0 Å². The number of aromatic nitrogens is 4. The van der Waals surface area contributed by atoms with Crippen molar-refractivity contribution in [1.82, 2.24) is 20.0 Å². The standard InChI is InChI=1S/C6H5BrN4O2S2/c1-15(12,13)4-2-8-11(3-4)6-10-9-5(7)14-6/h2-3H,1H3. The summed E-state index contributed by atoms with van der Waals surface area (Å²) in [7, 11) is -3.22. The highest BCUT2D eigenvalue weighted by Gasteiger charge is 2.12. The third-order valence-electron chi connectivity index (χ3n) is 1.57. The van der Waals surface area contributed by atoms with Gasteiger partial charge in [-0.1, -0.05) is 11.3 Å². The summed E-state index contributed by atoms with van der Waals surface area (Å²) in [5.74, 6) is 0. The Hall–Kier alpha value is -0.800. The summed E-state index contributed by atoms with van der Waals surface area (Å²) in [5, 5.41) is 11.9. The van der Waals surface area contributed by atoms with E-state index in [1.165, 1.54) is 28.4 Å². The Bertz CT molecular complexity index is 588. The Morgan fingerprint density at radius 1 is 1.47 bits per heavy atom. The van der Waals surface area contributed by atoms with E-state index in [0.717, 1.165) is 6.26 Å². The van der Waals surface area contributed by atoms with Gasteiger partial charge in [0.1, 0.15) is 4.90 Å². The minimum Gasteiger partial charge on any atom is -0.224 e. The lowest BCUT2D eigenvalue weighted by molar-refractivity contribution is 0.602. The van der Waals surface area contributed by atoms with E-state index < -0.39 is 9.84 Å². The zero-order valence-corrected chi connectivity index (χ0v) is 10.7. The zero-order chi connectivity index (χ0) is 11.1. The van der Waals surface area contributed by atoms with E-state index in [0.29, 0.717) is 9.05 Å². The fourth-order valence-corrected chi connectivity index (χ4v) is 2.44. The first kappa shape index (κ1) is 10.7. The SMILES string of the molecule is CS(=O)(=O)c1cnn(-c2nnc(Br)s2)c1. The molecule has 0 saturated carbocycles. The lowest BCUT2D eigenvalue weighted by Crippen LogP contribution is -1.95. The predicted octanol–water partition coefficient (Wildman–Crippen LogP) is 0.890. The number of hydrogen-bond donors (Lipinski definition) is 0. The van der Waals surface area contributed by atoms with Crippen molar-refractivity contribution in [2.75, 3.05) is 6.26 Å². The molecule has 2 rings (SSSR count). The van der Waals surface area contributed by atoms with Crippen LogP contribution in [-0.2, 0) is 9.84 Å². The fraction of sp³-hybridized carbons (Fsp3) is 0.167. The molecule has 0 aliphatic rings. The molecule has 0 aliphatic heterocycles. The number of halogens is 1. The van der Waals surface area contributed by atoms with E-state index in [2.05, 4.69) is 31.2 Å². The third kappa shape index (κ3) is 2.24. The molecule has 2 heterocycles. The molecule has 0 radical (unpaired) electrons. The summed E-state index contributed by atoms with van der Waals surface area (Å²) in [6.45, 7) is 0. The Morgan fingerprint density at radius 3 is 2.67 bits per heavy atom. The molecule has 6 nitrogen and oxygen atoms in total. The molecule has 0 N–H and O–H groups in total. The zero-order valence-electron chi connectivity index (χ0n) is 7.45. The molecule has 0 aliphatic carbocycles. The van der Waals surface area contributed by atoms with Crippen molar-refractivity contribution in [1.29, 1.82) is 0 Å². The van der Waals surface area contributed by atoms with Crippen molar-refractivity contribution in [2.24, 2.45) is 0 Å². The molecule has 0 saturated heterocycles. The fourth-order valence-electron chi connectivity index (χ4n) is 0.893. The van der Waals surface area contributed by atoms with Gasteiger partial charge in [0.25, 0.3) is 0 Å². The van der Waals surface area contributed by atoms with E-state index in [1.807, 2.05) is 0 Å². The van der Waals surface area contributed by atoms with Crippen LogP contribution in [0, 0.1) is 0 Å². The number of hydrogen-bond acceptors (Lipinski definition) is 6. The van der Waals surface area contributed by atoms with Crippen LogP contribution < -0.4 is 0 Å². The lowest BCUT2D eigenvalue weighted by Gasteiger charge is -1.90. The van der Waals surface area contributed by atoms with Crippen LogP contribution in [-0.4, -0.2) is 34.7 Å². The van der Waals surface area contributed by atoms with E-state index in [-0.39, 0.29) is 4.90 Å². The van der Waals surface area contributed by atoms with Crippen LogP contribution in [0.4, 0.5) is 0 Å². The minimum absolute atomic E-state index is 0.161. The molecule has 0 atom stereocenters. The smallest absolute Gasteiger partial charge is 0.224 e. The van der Waals surface area contributed by atoms with Crippen LogP contribution in [0.5, 0.6) is 0 Å². The summed E-state index contributed by atoms with van der Waals surface area (Å²) < 4.78 is 24.4. The van der Waals surface area contributed by atoms with Crippen molar-refractivity contribution in [2.45, 2.75) is 4.90 Å². The van der Waals surface area contributed by atoms with Crippen LogP contribution in [0.25, 0.3) is 5.13 Å². The van der Waals surface area contributed by atoms with Gasteiger partial charge in [-0.2, -0.15) is 5.10 Å². The normalized spacial score (nSPS) is 11.9. The van der Waals surface area contributed by atoms with Gasteiger partial charge in [0.2, 0.25) is 5.13 Å². The monoisotopic (exact) mass is 308 g/mol. The second-order valence-corrected chi connectivity index (χ2v) is 6.98. The van der Waals surface area contributed by atoms with Gasteiger partial charge in [-0.25, -0.2) is 13.1 Å². The van der Waals surface area contributed by atoms with Gasteiger partial charge in [-0.3, -0.25) is 0 Å². The molecule has 2 aromatic rings. The molecule has 0 fully saturated rings. The molecular formula is C6H5BrN4O2S2. The predicted molar refractivity (Wildman–Crippen MR) is 57.8 cm³/mol. The van der Waals surface area contributed by atoms with Crippen LogP contribution in [0.1, 0.15) is 0 Å². The summed E-state index contributed by atoms with van der Waals surface area (Å²) >= 11 is 4.43. The van der Waals surface area contributed by atoms with Crippen molar-refractivity contribution in [3.05, 3.63) is 16.3 Å². The maximum absolute atomic E-state index is 11.2. The van der Waals surface area contributed by atoms with Gasteiger partial charge in [0.15, 0.2) is 13.8 Å². The van der Waals surface area contributed by atoms with Gasteiger partial charge in [-0.05, 0) is 15.9 Å². The maximum Gasteiger partial charge on any atom is 0.233 e. The largest absolute Gasteiger partial charge is 0.233 e. The quantitative estimate of drug-likeness (QED) is 0.823. The summed E-state index contributed by atoms with van der Waals surface area (Å²) in [6.07, 6.45) is 3.82. The first-order valence-electron chi connectivity index (χ1n) is 3.71. The molecule has 0 spiro atoms. The molecular weight excluding hydrogens is 304 g/mol. The highest BCUT2D eigenvalue weighted by atomic mass is 79.9. The van der Waals surface area contributed by atoms with E-state index in [9.17, 15) is 8.42 Å². The second-order valence-electron chi connectivity index (χ2n) is 2.73. The maximum atomic E-state index is 11.2. The molecule has 0 aromatic carbocycles. The Labute approximate surface area is 98.0 Å². The van der Waals surface area contributed by atoms with Crippen molar-refractivity contribution in [3.63, 3.8) is 0 Å². The first-order chi connectivity index (χ1) is 6.97. The third-order valence-corrected chi connectivity index (χ3v) is 3.99. The molecule has 0 amide bonds. The van der Waals surface area contributed by atoms with Gasteiger partial charge in [0, 0.05) is 6.26 Å². The van der Waals surface area contributed by atoms with Crippen molar-refractivity contribution in [3.8, 4) is 5.13 Å². The Morgan fingerprint density at radius 2 is 2.20 bits per heavy atom. The van der Waals surface area contributed by atoms with Gasteiger partial charge >= 0.3 is 0 Å². The van der Waals surface area contributed by atoms with E-state index in [1.54, 1.807) is 0 Å². The average Bonchev–Trinajstić information content (AvgIpc) is 2.69. The lowest BCUT2D eigenvalue weighted by atomic mass is 10.7. The van der Waals surface area contributed by atoms with Crippen molar-refractivity contribution >= 4 is 37.1 Å². The molecule has 0 bridgehead atoms. The van der Waals surface area contributed by atoms with Gasteiger partial charge < -0.3 is 0 Å². The summed E-state index contributed by atoms with van der Waals surface area (Å²) in [6, 6.07) is 0. The van der Waals surface area contributed by atoms with Crippen LogP contribution >= 0.6 is 27.3 Å².